The van der Waals surface area contributed by atoms with Gasteiger partial charge in [0.1, 0.15) is 5.82 Å². The van der Waals surface area contributed by atoms with Crippen LogP contribution in [-0.4, -0.2) is 18.2 Å². The topological polar surface area (TPSA) is 21.3 Å². The number of rotatable bonds is 3. The molecule has 0 saturated carbocycles. The molecule has 0 radical (unpaired) electrons. The van der Waals surface area contributed by atoms with Crippen molar-refractivity contribution in [3.8, 4) is 0 Å². The molecule has 0 bridgehead atoms. The van der Waals surface area contributed by atoms with Crippen LogP contribution in [0.3, 0.4) is 0 Å². The average molecular weight is 237 g/mol. The fourth-order valence-electron chi connectivity index (χ4n) is 2.48. The molecule has 0 aromatic heterocycles. The van der Waals surface area contributed by atoms with Crippen molar-refractivity contribution in [3.63, 3.8) is 0 Å². The van der Waals surface area contributed by atoms with Gasteiger partial charge in [-0.15, -0.1) is 0 Å². The van der Waals surface area contributed by atoms with Gasteiger partial charge in [-0.3, -0.25) is 0 Å². The second-order valence-corrected chi connectivity index (χ2v) is 4.94. The molecule has 1 N–H and O–H groups in total. The Kier molecular flexibility index (Phi) is 4.13. The first-order valence-electron chi connectivity index (χ1n) is 6.27. The van der Waals surface area contributed by atoms with Crippen LogP contribution in [0.2, 0.25) is 0 Å². The molecule has 3 heteroatoms. The van der Waals surface area contributed by atoms with Crippen LogP contribution in [0.5, 0.6) is 0 Å². The van der Waals surface area contributed by atoms with Crippen LogP contribution in [0.15, 0.2) is 24.3 Å². The van der Waals surface area contributed by atoms with E-state index in [-0.39, 0.29) is 5.82 Å². The van der Waals surface area contributed by atoms with Gasteiger partial charge >= 0.3 is 0 Å². The molecule has 17 heavy (non-hydrogen) atoms. The van der Waals surface area contributed by atoms with Crippen LogP contribution in [0.1, 0.15) is 32.3 Å². The van der Waals surface area contributed by atoms with Crippen molar-refractivity contribution in [2.75, 3.05) is 0 Å². The molecule has 2 unspecified atom stereocenters. The van der Waals surface area contributed by atoms with E-state index >= 15 is 0 Å². The van der Waals surface area contributed by atoms with Gasteiger partial charge in [0.15, 0.2) is 0 Å². The van der Waals surface area contributed by atoms with Gasteiger partial charge in [-0.1, -0.05) is 12.1 Å². The van der Waals surface area contributed by atoms with Crippen molar-refractivity contribution in [2.45, 2.75) is 51.5 Å². The molecule has 1 aliphatic heterocycles. The van der Waals surface area contributed by atoms with Gasteiger partial charge in [0.2, 0.25) is 0 Å². The Morgan fingerprint density at radius 3 is 2.65 bits per heavy atom. The van der Waals surface area contributed by atoms with Gasteiger partial charge in [0.05, 0.1) is 12.2 Å². The first-order valence-corrected chi connectivity index (χ1v) is 6.27. The normalized spacial score (nSPS) is 29.2. The van der Waals surface area contributed by atoms with Crippen LogP contribution in [0, 0.1) is 5.82 Å². The Balaban J connectivity index is 1.85. The highest BCUT2D eigenvalue weighted by Crippen LogP contribution is 2.19. The maximum atomic E-state index is 13.0. The van der Waals surface area contributed by atoms with Gasteiger partial charge in [-0.2, -0.15) is 0 Å². The number of hydrogen-bond donors (Lipinski definition) is 1. The van der Waals surface area contributed by atoms with Gasteiger partial charge in [0.25, 0.3) is 0 Å². The summed E-state index contributed by atoms with van der Waals surface area (Å²) < 4.78 is 18.7. The molecule has 94 valence electrons. The zero-order valence-corrected chi connectivity index (χ0v) is 10.4. The summed E-state index contributed by atoms with van der Waals surface area (Å²) in [5.41, 5.74) is 0.997. The Labute approximate surface area is 102 Å². The molecule has 1 heterocycles. The standard InChI is InChI=1S/C14H20FNO/c1-10-6-14(7-11(2)17-10)16-9-12-4-3-5-13(15)8-12/h3-5,8,10-11,14,16H,6-7,9H2,1-2H3. The average Bonchev–Trinajstić information content (AvgIpc) is 2.25. The van der Waals surface area contributed by atoms with Crippen LogP contribution in [0.25, 0.3) is 0 Å². The molecular weight excluding hydrogens is 217 g/mol. The molecule has 1 fully saturated rings. The predicted octanol–water partition coefficient (Wildman–Crippen LogP) is 2.87. The third kappa shape index (κ3) is 3.79. The van der Waals surface area contributed by atoms with Crippen molar-refractivity contribution in [2.24, 2.45) is 0 Å². The molecule has 1 aliphatic rings. The maximum Gasteiger partial charge on any atom is 0.123 e. The van der Waals surface area contributed by atoms with E-state index in [1.807, 2.05) is 6.07 Å². The molecule has 1 aromatic rings. The quantitative estimate of drug-likeness (QED) is 0.872. The highest BCUT2D eigenvalue weighted by Gasteiger charge is 2.23. The lowest BCUT2D eigenvalue weighted by Crippen LogP contribution is -2.40. The van der Waals surface area contributed by atoms with Gasteiger partial charge in [-0.25, -0.2) is 4.39 Å². The second kappa shape index (κ2) is 5.61. The second-order valence-electron chi connectivity index (χ2n) is 4.94. The minimum atomic E-state index is -0.169. The van der Waals surface area contributed by atoms with Gasteiger partial charge in [-0.05, 0) is 44.4 Å². The van der Waals surface area contributed by atoms with E-state index in [9.17, 15) is 4.39 Å². The van der Waals surface area contributed by atoms with Crippen LogP contribution < -0.4 is 5.32 Å². The molecule has 0 spiro atoms. The summed E-state index contributed by atoms with van der Waals surface area (Å²) >= 11 is 0. The van der Waals surface area contributed by atoms with E-state index in [2.05, 4.69) is 19.2 Å². The Morgan fingerprint density at radius 1 is 1.29 bits per heavy atom. The Bertz CT molecular complexity index is 359. The molecular formula is C14H20FNO. The lowest BCUT2D eigenvalue weighted by atomic mass is 9.99. The summed E-state index contributed by atoms with van der Waals surface area (Å²) in [7, 11) is 0. The van der Waals surface area contributed by atoms with Gasteiger partial charge in [0, 0.05) is 12.6 Å². The number of benzene rings is 1. The SMILES string of the molecule is CC1CC(NCc2cccc(F)c2)CC(C)O1. The van der Waals surface area contributed by atoms with E-state index in [4.69, 9.17) is 4.74 Å². The smallest absolute Gasteiger partial charge is 0.123 e. The van der Waals surface area contributed by atoms with Crippen molar-refractivity contribution in [1.82, 2.24) is 5.32 Å². The minimum absolute atomic E-state index is 0.169. The summed E-state index contributed by atoms with van der Waals surface area (Å²) in [5.74, 6) is -0.169. The summed E-state index contributed by atoms with van der Waals surface area (Å²) in [5, 5.41) is 3.48. The summed E-state index contributed by atoms with van der Waals surface area (Å²) in [4.78, 5) is 0. The number of hydrogen-bond acceptors (Lipinski definition) is 2. The highest BCUT2D eigenvalue weighted by molar-refractivity contribution is 5.16. The fraction of sp³-hybridized carbons (Fsp3) is 0.571. The van der Waals surface area contributed by atoms with E-state index in [1.165, 1.54) is 6.07 Å². The third-order valence-corrected chi connectivity index (χ3v) is 3.18. The van der Waals surface area contributed by atoms with Crippen molar-refractivity contribution >= 4 is 0 Å². The summed E-state index contributed by atoms with van der Waals surface area (Å²) in [6, 6.07) is 7.22. The van der Waals surface area contributed by atoms with E-state index in [0.29, 0.717) is 18.2 Å². The molecule has 2 atom stereocenters. The molecule has 0 amide bonds. The van der Waals surface area contributed by atoms with E-state index in [1.54, 1.807) is 12.1 Å². The van der Waals surface area contributed by atoms with Crippen LogP contribution >= 0.6 is 0 Å². The van der Waals surface area contributed by atoms with Crippen molar-refractivity contribution in [3.05, 3.63) is 35.6 Å². The largest absolute Gasteiger partial charge is 0.375 e. The first kappa shape index (κ1) is 12.5. The van der Waals surface area contributed by atoms with Crippen molar-refractivity contribution < 1.29 is 9.13 Å². The Hall–Kier alpha value is -0.930. The molecule has 1 saturated heterocycles. The summed E-state index contributed by atoms with van der Waals surface area (Å²) in [6.07, 6.45) is 2.67. The van der Waals surface area contributed by atoms with Crippen LogP contribution in [0.4, 0.5) is 4.39 Å². The summed E-state index contributed by atoms with van der Waals surface area (Å²) in [6.45, 7) is 4.93. The zero-order valence-electron chi connectivity index (χ0n) is 10.4. The molecule has 2 rings (SSSR count). The van der Waals surface area contributed by atoms with Gasteiger partial charge < -0.3 is 10.1 Å². The predicted molar refractivity (Wildman–Crippen MR) is 66.3 cm³/mol. The molecule has 2 nitrogen and oxygen atoms in total. The van der Waals surface area contributed by atoms with Crippen LogP contribution in [-0.2, 0) is 11.3 Å². The number of halogens is 1. The molecule has 1 aromatic carbocycles. The number of nitrogens with one attached hydrogen (secondary N) is 1. The van der Waals surface area contributed by atoms with E-state index < -0.39 is 0 Å². The highest BCUT2D eigenvalue weighted by atomic mass is 19.1. The fourth-order valence-corrected chi connectivity index (χ4v) is 2.48. The first-order chi connectivity index (χ1) is 8.13. The maximum absolute atomic E-state index is 13.0. The Morgan fingerprint density at radius 2 is 2.00 bits per heavy atom. The monoisotopic (exact) mass is 237 g/mol. The number of ether oxygens (including phenoxy) is 1. The lowest BCUT2D eigenvalue weighted by molar-refractivity contribution is -0.0422. The zero-order chi connectivity index (χ0) is 12.3. The van der Waals surface area contributed by atoms with E-state index in [0.717, 1.165) is 24.9 Å². The van der Waals surface area contributed by atoms with Crippen molar-refractivity contribution in [1.29, 1.82) is 0 Å². The lowest BCUT2D eigenvalue weighted by Gasteiger charge is -2.32. The third-order valence-electron chi connectivity index (χ3n) is 3.18. The molecule has 0 aliphatic carbocycles. The minimum Gasteiger partial charge on any atom is -0.375 e.